The maximum Gasteiger partial charge on any atom is -0.0238 e. The van der Waals surface area contributed by atoms with E-state index >= 15 is 0 Å². The van der Waals surface area contributed by atoms with E-state index in [1.807, 2.05) is 0 Å². The summed E-state index contributed by atoms with van der Waals surface area (Å²) < 4.78 is 0. The molecule has 1 nitrogen and oxygen atoms in total. The van der Waals surface area contributed by atoms with Gasteiger partial charge in [-0.2, -0.15) is 0 Å². The fraction of sp³-hybridized carbons (Fsp3) is 1.00. The van der Waals surface area contributed by atoms with Gasteiger partial charge in [0.15, 0.2) is 0 Å². The molecule has 2 fully saturated rings. The summed E-state index contributed by atoms with van der Waals surface area (Å²) >= 11 is 0. The lowest BCUT2D eigenvalue weighted by Crippen LogP contribution is -2.12. The van der Waals surface area contributed by atoms with Crippen LogP contribution in [0, 0.1) is 17.3 Å². The molecule has 0 radical (unpaired) electrons. The van der Waals surface area contributed by atoms with Gasteiger partial charge >= 0.3 is 0 Å². The molecule has 2 saturated carbocycles. The van der Waals surface area contributed by atoms with Crippen molar-refractivity contribution in [1.82, 2.24) is 6.15 Å². The molecule has 3 unspecified atom stereocenters. The second-order valence-electron chi connectivity index (χ2n) is 4.95. The molecule has 0 saturated heterocycles. The molecular formula is C12H25N. The topological polar surface area (TPSA) is 35.0 Å². The molecule has 0 heterocycles. The fourth-order valence-electron chi connectivity index (χ4n) is 3.74. The van der Waals surface area contributed by atoms with E-state index in [4.69, 9.17) is 0 Å². The van der Waals surface area contributed by atoms with Gasteiger partial charge in [-0.15, -0.1) is 0 Å². The summed E-state index contributed by atoms with van der Waals surface area (Å²) in [6.45, 7) is 4.70. The summed E-state index contributed by atoms with van der Waals surface area (Å²) in [7, 11) is 0. The first-order valence-electron chi connectivity index (χ1n) is 5.83. The zero-order valence-electron chi connectivity index (χ0n) is 9.31. The number of hydrogen-bond acceptors (Lipinski definition) is 1. The smallest absolute Gasteiger partial charge is 0.0238 e. The van der Waals surface area contributed by atoms with Gasteiger partial charge in [-0.25, -0.2) is 0 Å². The summed E-state index contributed by atoms with van der Waals surface area (Å²) in [5.74, 6) is 2.28. The zero-order chi connectivity index (χ0) is 8.60. The van der Waals surface area contributed by atoms with Gasteiger partial charge in [0.1, 0.15) is 0 Å². The molecule has 0 aromatic rings. The van der Waals surface area contributed by atoms with Gasteiger partial charge in [-0.1, -0.05) is 33.1 Å². The lowest BCUT2D eigenvalue weighted by Gasteiger charge is -2.22. The van der Waals surface area contributed by atoms with Gasteiger partial charge in [-0.05, 0) is 42.9 Å². The molecule has 0 amide bonds. The molecule has 0 bridgehead atoms. The third-order valence-corrected chi connectivity index (χ3v) is 4.31. The minimum atomic E-state index is 0. The molecule has 1 heteroatoms. The third kappa shape index (κ3) is 1.63. The highest BCUT2D eigenvalue weighted by Gasteiger charge is 2.60. The van der Waals surface area contributed by atoms with Crippen LogP contribution in [-0.2, 0) is 0 Å². The molecule has 0 aliphatic heterocycles. The van der Waals surface area contributed by atoms with Gasteiger partial charge < -0.3 is 6.15 Å². The van der Waals surface area contributed by atoms with Crippen LogP contribution in [0.4, 0.5) is 0 Å². The number of hydrogen-bond donors (Lipinski definition) is 1. The maximum atomic E-state index is 2.35. The van der Waals surface area contributed by atoms with E-state index in [0.29, 0.717) is 0 Å². The van der Waals surface area contributed by atoms with Crippen molar-refractivity contribution in [1.29, 1.82) is 0 Å². The van der Waals surface area contributed by atoms with E-state index in [-0.39, 0.29) is 6.15 Å². The van der Waals surface area contributed by atoms with Crippen molar-refractivity contribution in [2.75, 3.05) is 0 Å². The fourth-order valence-corrected chi connectivity index (χ4v) is 3.74. The van der Waals surface area contributed by atoms with Crippen molar-refractivity contribution in [2.45, 2.75) is 58.8 Å². The summed E-state index contributed by atoms with van der Waals surface area (Å²) in [4.78, 5) is 0. The zero-order valence-corrected chi connectivity index (χ0v) is 9.31. The highest BCUT2D eigenvalue weighted by atomic mass is 14.6. The monoisotopic (exact) mass is 183 g/mol. The molecule has 78 valence electrons. The van der Waals surface area contributed by atoms with Gasteiger partial charge in [0.05, 0.1) is 0 Å². The Labute approximate surface area is 82.9 Å². The Balaban J connectivity index is 0.000000845. The average molecular weight is 183 g/mol. The molecule has 2 aliphatic carbocycles. The van der Waals surface area contributed by atoms with Crippen molar-refractivity contribution < 1.29 is 0 Å². The summed E-state index contributed by atoms with van der Waals surface area (Å²) in [5, 5.41) is 0. The minimum absolute atomic E-state index is 0. The highest BCUT2D eigenvalue weighted by molar-refractivity contribution is 5.10. The van der Waals surface area contributed by atoms with E-state index in [1.54, 1.807) is 19.3 Å². The quantitative estimate of drug-likeness (QED) is 0.697. The van der Waals surface area contributed by atoms with Crippen LogP contribution < -0.4 is 6.15 Å². The molecular weight excluding hydrogens is 158 g/mol. The molecule has 0 spiro atoms. The van der Waals surface area contributed by atoms with Crippen molar-refractivity contribution >= 4 is 0 Å². The Hall–Kier alpha value is -0.0400. The molecule has 13 heavy (non-hydrogen) atoms. The second kappa shape index (κ2) is 4.00. The highest BCUT2D eigenvalue weighted by Crippen LogP contribution is 2.69. The minimum Gasteiger partial charge on any atom is -0.344 e. The molecule has 2 rings (SSSR count). The molecule has 0 aromatic carbocycles. The van der Waals surface area contributed by atoms with Gasteiger partial charge in [-0.3, -0.25) is 0 Å². The predicted molar refractivity (Wildman–Crippen MR) is 58.1 cm³/mol. The van der Waals surface area contributed by atoms with Crippen LogP contribution in [0.15, 0.2) is 0 Å². The largest absolute Gasteiger partial charge is 0.344 e. The molecule has 3 N–H and O–H groups in total. The van der Waals surface area contributed by atoms with Crippen molar-refractivity contribution in [2.24, 2.45) is 17.3 Å². The first-order valence-corrected chi connectivity index (χ1v) is 5.83. The number of rotatable bonds is 4. The first kappa shape index (κ1) is 11.0. The molecule has 3 atom stereocenters. The Morgan fingerprint density at radius 3 is 2.46 bits per heavy atom. The lowest BCUT2D eigenvalue weighted by molar-refractivity contribution is 0.283. The SMILES string of the molecule is CCCC1CCC2CC12CCC.N. The van der Waals surface area contributed by atoms with Gasteiger partial charge in [0.25, 0.3) is 0 Å². The van der Waals surface area contributed by atoms with Crippen molar-refractivity contribution in [3.8, 4) is 0 Å². The van der Waals surface area contributed by atoms with E-state index in [9.17, 15) is 0 Å². The average Bonchev–Trinajstić information content (AvgIpc) is 2.66. The summed E-state index contributed by atoms with van der Waals surface area (Å²) in [6.07, 6.45) is 10.6. The molecule has 0 aromatic heterocycles. The van der Waals surface area contributed by atoms with Crippen LogP contribution in [0.25, 0.3) is 0 Å². The van der Waals surface area contributed by atoms with Crippen LogP contribution in [0.5, 0.6) is 0 Å². The lowest BCUT2D eigenvalue weighted by atomic mass is 9.83. The maximum absolute atomic E-state index is 2.35. The van der Waals surface area contributed by atoms with Crippen LogP contribution in [0.1, 0.15) is 58.8 Å². The van der Waals surface area contributed by atoms with Crippen molar-refractivity contribution in [3.05, 3.63) is 0 Å². The normalized spacial score (nSPS) is 41.1. The van der Waals surface area contributed by atoms with E-state index in [0.717, 1.165) is 17.3 Å². The van der Waals surface area contributed by atoms with E-state index in [1.165, 1.54) is 25.7 Å². The first-order chi connectivity index (χ1) is 5.83. The van der Waals surface area contributed by atoms with Crippen LogP contribution in [0.2, 0.25) is 0 Å². The summed E-state index contributed by atoms with van der Waals surface area (Å²) in [6, 6.07) is 0. The third-order valence-electron chi connectivity index (χ3n) is 4.31. The van der Waals surface area contributed by atoms with Crippen LogP contribution >= 0.6 is 0 Å². The van der Waals surface area contributed by atoms with E-state index < -0.39 is 0 Å². The van der Waals surface area contributed by atoms with E-state index in [2.05, 4.69) is 13.8 Å². The predicted octanol–water partition coefficient (Wildman–Crippen LogP) is 4.16. The Morgan fingerprint density at radius 2 is 1.92 bits per heavy atom. The Morgan fingerprint density at radius 1 is 1.15 bits per heavy atom. The Bertz CT molecular complexity index is 167. The van der Waals surface area contributed by atoms with Crippen LogP contribution in [0.3, 0.4) is 0 Å². The van der Waals surface area contributed by atoms with Crippen molar-refractivity contribution in [3.63, 3.8) is 0 Å². The number of fused-ring (bicyclic) bond motifs is 1. The summed E-state index contributed by atoms with van der Waals surface area (Å²) in [5.41, 5.74) is 0.880. The van der Waals surface area contributed by atoms with Gasteiger partial charge in [0.2, 0.25) is 0 Å². The van der Waals surface area contributed by atoms with Gasteiger partial charge in [0, 0.05) is 0 Å². The second-order valence-corrected chi connectivity index (χ2v) is 4.95. The standard InChI is InChI=1S/C12H22.H3N/c1-3-5-10-6-7-11-9-12(10,11)8-4-2;/h10-11H,3-9H2,1-2H3;1H3. The molecule has 2 aliphatic rings. The van der Waals surface area contributed by atoms with Crippen LogP contribution in [-0.4, -0.2) is 0 Å². The Kier molecular flexibility index (Phi) is 3.39.